The lowest BCUT2D eigenvalue weighted by Crippen LogP contribution is -2.23. The van der Waals surface area contributed by atoms with Crippen LogP contribution in [0.5, 0.6) is 11.5 Å². The number of hydrogen-bond acceptors (Lipinski definition) is 8. The minimum absolute atomic E-state index is 0.00604. The van der Waals surface area contributed by atoms with E-state index in [1.54, 1.807) is 23.6 Å². The number of carbonyl (C=O) groups is 2. The second-order valence-corrected chi connectivity index (χ2v) is 10.7. The predicted molar refractivity (Wildman–Crippen MR) is 126 cm³/mol. The Morgan fingerprint density at radius 1 is 1.14 bits per heavy atom. The maximum absolute atomic E-state index is 13.1. The van der Waals surface area contributed by atoms with Crippen LogP contribution in [-0.2, 0) is 30.7 Å². The van der Waals surface area contributed by atoms with Crippen LogP contribution in [0, 0.1) is 5.82 Å². The highest BCUT2D eigenvalue weighted by molar-refractivity contribution is 7.91. The highest BCUT2D eigenvalue weighted by Crippen LogP contribution is 2.35. The summed E-state index contributed by atoms with van der Waals surface area (Å²) >= 11 is 1.20. The van der Waals surface area contributed by atoms with E-state index in [0.717, 1.165) is 16.8 Å². The second-order valence-electron chi connectivity index (χ2n) is 7.62. The molecule has 0 unspecified atom stereocenters. The molecule has 3 aromatic rings. The number of rotatable bonds is 8. The fraction of sp³-hybridized carbons (Fsp3) is 0.348. The molecule has 1 aliphatic rings. The molecule has 2 aromatic carbocycles. The van der Waals surface area contributed by atoms with Crippen molar-refractivity contribution in [2.45, 2.75) is 31.2 Å². The molecule has 0 radical (unpaired) electrons. The fourth-order valence-corrected chi connectivity index (χ4v) is 5.88. The van der Waals surface area contributed by atoms with Gasteiger partial charge in [-0.1, -0.05) is 11.3 Å². The highest BCUT2D eigenvalue weighted by atomic mass is 32.2. The van der Waals surface area contributed by atoms with Gasteiger partial charge in [0.1, 0.15) is 25.6 Å². The number of benzene rings is 2. The number of ether oxygens (including phenoxy) is 3. The first-order valence-electron chi connectivity index (χ1n) is 10.9. The summed E-state index contributed by atoms with van der Waals surface area (Å²) in [5, 5.41) is 0. The molecule has 0 atom stereocenters. The van der Waals surface area contributed by atoms with Gasteiger partial charge in [-0.15, -0.1) is 0 Å². The summed E-state index contributed by atoms with van der Waals surface area (Å²) in [5.41, 5.74) is 0.637. The smallest absolute Gasteiger partial charge is 0.326 e. The first-order valence-corrected chi connectivity index (χ1v) is 13.4. The highest BCUT2D eigenvalue weighted by Gasteiger charge is 2.19. The van der Waals surface area contributed by atoms with Crippen LogP contribution < -0.4 is 14.3 Å². The molecule has 1 aliphatic heterocycles. The van der Waals surface area contributed by atoms with E-state index in [1.807, 2.05) is 0 Å². The number of fused-ring (bicyclic) bond motifs is 2. The normalized spacial score (nSPS) is 13.7. The van der Waals surface area contributed by atoms with E-state index in [1.165, 1.54) is 23.5 Å². The van der Waals surface area contributed by atoms with Gasteiger partial charge in [0, 0.05) is 18.6 Å². The van der Waals surface area contributed by atoms with E-state index in [-0.39, 0.29) is 41.4 Å². The van der Waals surface area contributed by atoms with Crippen molar-refractivity contribution in [3.8, 4) is 11.5 Å². The summed E-state index contributed by atoms with van der Waals surface area (Å²) < 4.78 is 56.5. The molecule has 0 saturated carbocycles. The maximum Gasteiger partial charge on any atom is 0.326 e. The molecule has 1 aromatic heterocycles. The van der Waals surface area contributed by atoms with Crippen molar-refractivity contribution in [2.24, 2.45) is 4.99 Å². The van der Waals surface area contributed by atoms with Gasteiger partial charge < -0.3 is 18.8 Å². The lowest BCUT2D eigenvalue weighted by molar-refractivity contribution is -0.143. The van der Waals surface area contributed by atoms with Gasteiger partial charge in [0.05, 0.1) is 27.5 Å². The molecule has 2 heterocycles. The van der Waals surface area contributed by atoms with Crippen LogP contribution in [0.2, 0.25) is 0 Å². The lowest BCUT2D eigenvalue weighted by atomic mass is 10.2. The average Bonchev–Trinajstić information content (AvgIpc) is 3.13. The number of amides is 1. The molecule has 0 aliphatic carbocycles. The van der Waals surface area contributed by atoms with E-state index in [0.29, 0.717) is 30.2 Å². The molecule has 35 heavy (non-hydrogen) atoms. The molecule has 0 saturated heterocycles. The average molecular weight is 523 g/mol. The molecule has 0 fully saturated rings. The van der Waals surface area contributed by atoms with Gasteiger partial charge in [-0.05, 0) is 37.6 Å². The number of nitrogens with zero attached hydrogens (tertiary/aromatic N) is 2. The van der Waals surface area contributed by atoms with E-state index < -0.39 is 27.5 Å². The van der Waals surface area contributed by atoms with E-state index >= 15 is 0 Å². The molecule has 4 rings (SSSR count). The van der Waals surface area contributed by atoms with Crippen molar-refractivity contribution in [1.82, 2.24) is 4.57 Å². The number of halogens is 1. The summed E-state index contributed by atoms with van der Waals surface area (Å²) in [4.78, 5) is 29.2. The Hall–Kier alpha value is -3.25. The Bertz CT molecular complexity index is 1430. The first-order chi connectivity index (χ1) is 16.8. The topological polar surface area (TPSA) is 113 Å². The second kappa shape index (κ2) is 10.6. The SMILES string of the molecule is CCOC(=O)Cn1c(=NC(=O)CCCS(=O)(=O)c2ccc(F)cc2)sc2cc3c(cc21)OCCO3. The number of hydrogen-bond donors (Lipinski definition) is 0. The minimum Gasteiger partial charge on any atom is -0.486 e. The molecular formula is C23H23FN2O7S2. The van der Waals surface area contributed by atoms with Gasteiger partial charge in [-0.25, -0.2) is 12.8 Å². The Balaban J connectivity index is 1.56. The third kappa shape index (κ3) is 5.88. The molecule has 9 nitrogen and oxygen atoms in total. The number of sulfone groups is 1. The van der Waals surface area contributed by atoms with Crippen LogP contribution >= 0.6 is 11.3 Å². The van der Waals surface area contributed by atoms with Crippen LogP contribution in [0.3, 0.4) is 0 Å². The maximum atomic E-state index is 13.1. The summed E-state index contributed by atoms with van der Waals surface area (Å²) in [6.07, 6.45) is -0.0718. The fourth-order valence-electron chi connectivity index (χ4n) is 3.52. The quantitative estimate of drug-likeness (QED) is 0.330. The van der Waals surface area contributed by atoms with E-state index in [4.69, 9.17) is 14.2 Å². The number of esters is 1. The van der Waals surface area contributed by atoms with Crippen LogP contribution in [0.1, 0.15) is 19.8 Å². The Morgan fingerprint density at radius 3 is 2.51 bits per heavy atom. The largest absolute Gasteiger partial charge is 0.486 e. The van der Waals surface area contributed by atoms with Crippen LogP contribution in [0.4, 0.5) is 4.39 Å². The third-order valence-corrected chi connectivity index (χ3v) is 7.99. The first kappa shape index (κ1) is 24.9. The molecule has 1 amide bonds. The van der Waals surface area contributed by atoms with Gasteiger partial charge >= 0.3 is 5.97 Å². The predicted octanol–water partition coefficient (Wildman–Crippen LogP) is 2.86. The zero-order valence-corrected chi connectivity index (χ0v) is 20.5. The molecule has 0 N–H and O–H groups in total. The third-order valence-electron chi connectivity index (χ3n) is 5.14. The monoisotopic (exact) mass is 522 g/mol. The molecule has 186 valence electrons. The summed E-state index contributed by atoms with van der Waals surface area (Å²) in [7, 11) is -3.66. The molecule has 0 spiro atoms. The molecule has 0 bridgehead atoms. The van der Waals surface area contributed by atoms with E-state index in [9.17, 15) is 22.4 Å². The van der Waals surface area contributed by atoms with Crippen LogP contribution in [0.25, 0.3) is 10.2 Å². The molecule has 12 heteroatoms. The van der Waals surface area contributed by atoms with Gasteiger partial charge in [-0.3, -0.25) is 9.59 Å². The standard InChI is InChI=1S/C23H23FN2O7S2/c1-2-31-22(28)14-26-17-12-18-19(33-10-9-32-18)13-20(17)34-23(26)25-21(27)4-3-11-35(29,30)16-7-5-15(24)6-8-16/h5-8,12-13H,2-4,9-11,14H2,1H3. The van der Waals surface area contributed by atoms with Gasteiger partial charge in [-0.2, -0.15) is 4.99 Å². The van der Waals surface area contributed by atoms with Crippen molar-refractivity contribution in [3.05, 3.63) is 47.0 Å². The van der Waals surface area contributed by atoms with Crippen molar-refractivity contribution in [3.63, 3.8) is 0 Å². The molecular weight excluding hydrogens is 499 g/mol. The zero-order chi connectivity index (χ0) is 25.0. The van der Waals surface area contributed by atoms with Crippen molar-refractivity contribution >= 4 is 43.3 Å². The van der Waals surface area contributed by atoms with Crippen molar-refractivity contribution < 1.29 is 36.6 Å². The van der Waals surface area contributed by atoms with Gasteiger partial charge in [0.15, 0.2) is 26.1 Å². The van der Waals surface area contributed by atoms with E-state index in [2.05, 4.69) is 4.99 Å². The minimum atomic E-state index is -3.66. The van der Waals surface area contributed by atoms with Gasteiger partial charge in [0.25, 0.3) is 0 Å². The summed E-state index contributed by atoms with van der Waals surface area (Å²) in [6, 6.07) is 8.04. The number of aromatic nitrogens is 1. The summed E-state index contributed by atoms with van der Waals surface area (Å²) in [5.74, 6) is -0.727. The Morgan fingerprint density at radius 2 is 1.83 bits per heavy atom. The zero-order valence-electron chi connectivity index (χ0n) is 18.9. The van der Waals surface area contributed by atoms with Crippen molar-refractivity contribution in [2.75, 3.05) is 25.6 Å². The van der Waals surface area contributed by atoms with Crippen LogP contribution in [0.15, 0.2) is 46.3 Å². The van der Waals surface area contributed by atoms with Crippen molar-refractivity contribution in [1.29, 1.82) is 0 Å². The Labute approximate surface area is 204 Å². The summed E-state index contributed by atoms with van der Waals surface area (Å²) in [6.45, 7) is 2.57. The van der Waals surface area contributed by atoms with Crippen LogP contribution in [-0.4, -0.2) is 50.4 Å². The lowest BCUT2D eigenvalue weighted by Gasteiger charge is -2.18. The number of carbonyl (C=O) groups excluding carboxylic acids is 2. The number of thiazole rings is 1. The van der Waals surface area contributed by atoms with Gasteiger partial charge in [0.2, 0.25) is 5.91 Å². The Kier molecular flexibility index (Phi) is 7.51.